The van der Waals surface area contributed by atoms with Crippen molar-refractivity contribution in [3.63, 3.8) is 0 Å². The van der Waals surface area contributed by atoms with Gasteiger partial charge in [0.15, 0.2) is 5.82 Å². The van der Waals surface area contributed by atoms with Crippen molar-refractivity contribution < 1.29 is 13.2 Å². The first-order valence-electron chi connectivity index (χ1n) is 8.76. The van der Waals surface area contributed by atoms with Gasteiger partial charge < -0.3 is 5.32 Å². The van der Waals surface area contributed by atoms with Crippen LogP contribution < -0.4 is 9.62 Å². The van der Waals surface area contributed by atoms with Gasteiger partial charge >= 0.3 is 0 Å². The Morgan fingerprint density at radius 1 is 1.07 bits per heavy atom. The van der Waals surface area contributed by atoms with Crippen LogP contribution in [0.1, 0.15) is 12.7 Å². The Bertz CT molecular complexity index is 1350. The second-order valence-corrected chi connectivity index (χ2v) is 8.48. The van der Waals surface area contributed by atoms with Gasteiger partial charge in [0.2, 0.25) is 11.6 Å². The lowest BCUT2D eigenvalue weighted by molar-refractivity contribution is -0.114. The Labute approximate surface area is 167 Å². The van der Waals surface area contributed by atoms with Crippen molar-refractivity contribution in [3.05, 3.63) is 54.4 Å². The van der Waals surface area contributed by atoms with Gasteiger partial charge in [0, 0.05) is 19.7 Å². The monoisotopic (exact) mass is 410 g/mol. The van der Waals surface area contributed by atoms with Crippen LogP contribution in [-0.2, 0) is 14.8 Å². The minimum atomic E-state index is -3.91. The third-order valence-electron chi connectivity index (χ3n) is 4.51. The number of aromatic nitrogens is 4. The van der Waals surface area contributed by atoms with Crippen molar-refractivity contribution in [1.82, 2.24) is 19.6 Å². The minimum absolute atomic E-state index is 0.0680. The average Bonchev–Trinajstić information content (AvgIpc) is 3.09. The third-order valence-corrected chi connectivity index (χ3v) is 6.27. The molecule has 0 aliphatic rings. The van der Waals surface area contributed by atoms with E-state index in [2.05, 4.69) is 20.5 Å². The van der Waals surface area contributed by atoms with Gasteiger partial charge in [-0.15, -0.1) is 10.2 Å². The number of nitrogens with zero attached hydrogens (tertiary/aromatic N) is 5. The van der Waals surface area contributed by atoms with Crippen LogP contribution in [-0.4, -0.2) is 41.0 Å². The van der Waals surface area contributed by atoms with E-state index in [9.17, 15) is 13.2 Å². The second-order valence-electron chi connectivity index (χ2n) is 6.51. The normalized spacial score (nSPS) is 11.7. The molecule has 2 aromatic carbocycles. The van der Waals surface area contributed by atoms with Crippen LogP contribution in [0.3, 0.4) is 0 Å². The highest BCUT2D eigenvalue weighted by Gasteiger charge is 2.26. The molecule has 4 aromatic rings. The Morgan fingerprint density at radius 2 is 1.76 bits per heavy atom. The fourth-order valence-corrected chi connectivity index (χ4v) is 4.25. The number of hydrogen-bond donors (Lipinski definition) is 1. The number of anilines is 2. The number of carbonyl (C=O) groups excluding carboxylic acids is 1. The Hall–Kier alpha value is -3.53. The van der Waals surface area contributed by atoms with Gasteiger partial charge in [-0.3, -0.25) is 9.20 Å². The van der Waals surface area contributed by atoms with Crippen LogP contribution >= 0.6 is 0 Å². The fraction of sp³-hybridized carbons (Fsp3) is 0.158. The lowest BCUT2D eigenvalue weighted by Crippen LogP contribution is -2.28. The van der Waals surface area contributed by atoms with E-state index in [4.69, 9.17) is 0 Å². The van der Waals surface area contributed by atoms with Gasteiger partial charge in [-0.2, -0.15) is 0 Å². The standard InChI is InChI=1S/C19H18N6O3S/c1-12-22-23-19-18(21-16-6-4-5-7-17(16)25(12)19)24(3)29(27,28)15-10-8-14(9-11-15)20-13(2)26/h4-11H,1-3H3,(H,20,26). The maximum absolute atomic E-state index is 13.2. The zero-order valence-electron chi connectivity index (χ0n) is 16.0. The van der Waals surface area contributed by atoms with Gasteiger partial charge in [-0.05, 0) is 43.3 Å². The van der Waals surface area contributed by atoms with Gasteiger partial charge in [-0.25, -0.2) is 17.7 Å². The van der Waals surface area contributed by atoms with Crippen molar-refractivity contribution in [2.24, 2.45) is 0 Å². The van der Waals surface area contributed by atoms with Crippen molar-refractivity contribution >= 4 is 44.1 Å². The van der Waals surface area contributed by atoms with Crippen LogP contribution in [0.25, 0.3) is 16.7 Å². The maximum Gasteiger partial charge on any atom is 0.265 e. The zero-order valence-corrected chi connectivity index (χ0v) is 16.8. The van der Waals surface area contributed by atoms with E-state index < -0.39 is 10.0 Å². The quantitative estimate of drug-likeness (QED) is 0.553. The maximum atomic E-state index is 13.2. The minimum Gasteiger partial charge on any atom is -0.326 e. The number of amides is 1. The largest absolute Gasteiger partial charge is 0.326 e. The van der Waals surface area contributed by atoms with Crippen molar-refractivity contribution in [1.29, 1.82) is 0 Å². The van der Waals surface area contributed by atoms with E-state index in [0.29, 0.717) is 22.7 Å². The van der Waals surface area contributed by atoms with Gasteiger partial charge in [0.25, 0.3) is 10.0 Å². The smallest absolute Gasteiger partial charge is 0.265 e. The number of rotatable bonds is 4. The number of sulfonamides is 1. The van der Waals surface area contributed by atoms with E-state index in [-0.39, 0.29) is 16.6 Å². The number of aryl methyl sites for hydroxylation is 1. The molecule has 2 aromatic heterocycles. The van der Waals surface area contributed by atoms with Crippen molar-refractivity contribution in [2.75, 3.05) is 16.7 Å². The van der Waals surface area contributed by atoms with E-state index in [1.807, 2.05) is 18.2 Å². The summed E-state index contributed by atoms with van der Waals surface area (Å²) in [5, 5.41) is 10.8. The topological polar surface area (TPSA) is 110 Å². The predicted molar refractivity (Wildman–Crippen MR) is 109 cm³/mol. The molecule has 0 unspecified atom stereocenters. The number of nitrogens with one attached hydrogen (secondary N) is 1. The molecule has 0 fully saturated rings. The molecule has 0 aliphatic heterocycles. The summed E-state index contributed by atoms with van der Waals surface area (Å²) in [5.74, 6) is 0.572. The summed E-state index contributed by atoms with van der Waals surface area (Å²) in [4.78, 5) is 15.8. The Morgan fingerprint density at radius 3 is 2.45 bits per heavy atom. The fourth-order valence-electron chi connectivity index (χ4n) is 3.10. The van der Waals surface area contributed by atoms with Gasteiger partial charge in [0.1, 0.15) is 5.82 Å². The summed E-state index contributed by atoms with van der Waals surface area (Å²) in [6, 6.07) is 13.3. The first kappa shape index (κ1) is 18.8. The van der Waals surface area contributed by atoms with Crippen LogP contribution in [0.4, 0.5) is 11.5 Å². The average molecular weight is 410 g/mol. The number of para-hydroxylation sites is 2. The van der Waals surface area contributed by atoms with Crippen LogP contribution in [0.15, 0.2) is 53.4 Å². The summed E-state index contributed by atoms with van der Waals surface area (Å²) in [6.45, 7) is 3.18. The number of benzene rings is 2. The lowest BCUT2D eigenvalue weighted by atomic mass is 10.3. The summed E-state index contributed by atoms with van der Waals surface area (Å²) < 4.78 is 29.3. The molecule has 9 nitrogen and oxygen atoms in total. The molecule has 0 saturated heterocycles. The molecule has 29 heavy (non-hydrogen) atoms. The molecule has 148 valence electrons. The Kier molecular flexibility index (Phi) is 4.42. The molecule has 1 amide bonds. The van der Waals surface area contributed by atoms with E-state index in [0.717, 1.165) is 9.82 Å². The SMILES string of the molecule is CC(=O)Nc1ccc(S(=O)(=O)N(C)c2nc3ccccc3n3c(C)nnc23)cc1. The summed E-state index contributed by atoms with van der Waals surface area (Å²) in [5.41, 5.74) is 2.28. The number of fused-ring (bicyclic) bond motifs is 3. The lowest BCUT2D eigenvalue weighted by Gasteiger charge is -2.20. The van der Waals surface area contributed by atoms with Crippen molar-refractivity contribution in [2.45, 2.75) is 18.7 Å². The third kappa shape index (κ3) is 3.17. The molecule has 0 atom stereocenters. The summed E-state index contributed by atoms with van der Waals surface area (Å²) >= 11 is 0. The van der Waals surface area contributed by atoms with Gasteiger partial charge in [0.05, 0.1) is 15.9 Å². The Balaban J connectivity index is 1.83. The van der Waals surface area contributed by atoms with Crippen molar-refractivity contribution in [3.8, 4) is 0 Å². The molecule has 4 rings (SSSR count). The highest BCUT2D eigenvalue weighted by atomic mass is 32.2. The molecule has 0 aliphatic carbocycles. The van der Waals surface area contributed by atoms with Crippen LogP contribution in [0, 0.1) is 6.92 Å². The molecular formula is C19H18N6O3S. The molecule has 10 heteroatoms. The molecule has 0 radical (unpaired) electrons. The highest BCUT2D eigenvalue weighted by molar-refractivity contribution is 7.92. The number of carbonyl (C=O) groups is 1. The zero-order chi connectivity index (χ0) is 20.8. The van der Waals surface area contributed by atoms with E-state index in [1.54, 1.807) is 17.4 Å². The van der Waals surface area contributed by atoms with Crippen LogP contribution in [0.2, 0.25) is 0 Å². The molecular weight excluding hydrogens is 392 g/mol. The van der Waals surface area contributed by atoms with Gasteiger partial charge in [-0.1, -0.05) is 12.1 Å². The number of hydrogen-bond acceptors (Lipinski definition) is 6. The summed E-state index contributed by atoms with van der Waals surface area (Å²) in [7, 11) is -2.48. The highest BCUT2D eigenvalue weighted by Crippen LogP contribution is 2.28. The molecule has 0 saturated carbocycles. The second kappa shape index (κ2) is 6.82. The molecule has 0 spiro atoms. The predicted octanol–water partition coefficient (Wildman–Crippen LogP) is 2.37. The van der Waals surface area contributed by atoms with E-state index in [1.165, 1.54) is 38.2 Å². The molecule has 2 heterocycles. The van der Waals surface area contributed by atoms with Crippen LogP contribution in [0.5, 0.6) is 0 Å². The molecule has 1 N–H and O–H groups in total. The summed E-state index contributed by atoms with van der Waals surface area (Å²) in [6.07, 6.45) is 0. The first-order valence-corrected chi connectivity index (χ1v) is 10.2. The molecule has 0 bridgehead atoms. The van der Waals surface area contributed by atoms with E-state index >= 15 is 0 Å². The first-order chi connectivity index (χ1) is 13.8.